The summed E-state index contributed by atoms with van der Waals surface area (Å²) in [5.41, 5.74) is 1.41. The van der Waals surface area contributed by atoms with Crippen LogP contribution in [0.25, 0.3) is 0 Å². The lowest BCUT2D eigenvalue weighted by Gasteiger charge is -2.32. The van der Waals surface area contributed by atoms with E-state index in [0.29, 0.717) is 19.0 Å². The molecule has 1 unspecified atom stereocenters. The summed E-state index contributed by atoms with van der Waals surface area (Å²) in [4.78, 5) is 15.1. The van der Waals surface area contributed by atoms with E-state index in [1.54, 1.807) is 7.11 Å². The van der Waals surface area contributed by atoms with Crippen molar-refractivity contribution < 1.29 is 14.3 Å². The van der Waals surface area contributed by atoms with Crippen molar-refractivity contribution in [3.05, 3.63) is 65.7 Å². The smallest absolute Gasteiger partial charge is 0.328 e. The van der Waals surface area contributed by atoms with Crippen LogP contribution in [0.1, 0.15) is 37.9 Å². The topological polar surface area (TPSA) is 38.8 Å². The first-order chi connectivity index (χ1) is 12.8. The van der Waals surface area contributed by atoms with Gasteiger partial charge in [0.25, 0.3) is 0 Å². The predicted molar refractivity (Wildman–Crippen MR) is 109 cm³/mol. The van der Waals surface area contributed by atoms with Crippen LogP contribution < -0.4 is 4.74 Å². The van der Waals surface area contributed by atoms with Crippen molar-refractivity contribution in [3.8, 4) is 5.75 Å². The molecule has 0 aromatic heterocycles. The molecule has 5 heteroatoms. The van der Waals surface area contributed by atoms with Gasteiger partial charge >= 0.3 is 5.97 Å². The van der Waals surface area contributed by atoms with E-state index in [4.69, 9.17) is 21.1 Å². The summed E-state index contributed by atoms with van der Waals surface area (Å²) in [6.45, 7) is 6.77. The maximum Gasteiger partial charge on any atom is 0.328 e. The van der Waals surface area contributed by atoms with Gasteiger partial charge in [-0.2, -0.15) is 0 Å². The van der Waals surface area contributed by atoms with Crippen molar-refractivity contribution in [2.75, 3.05) is 19.5 Å². The third-order valence-corrected chi connectivity index (χ3v) is 4.20. The molecule has 0 fully saturated rings. The molecule has 27 heavy (non-hydrogen) atoms. The first-order valence-corrected chi connectivity index (χ1v) is 9.58. The third-order valence-electron chi connectivity index (χ3n) is 4.03. The molecule has 2 aromatic rings. The highest BCUT2D eigenvalue weighted by molar-refractivity contribution is 6.18. The molecule has 0 aliphatic heterocycles. The molecule has 0 saturated heterocycles. The van der Waals surface area contributed by atoms with Crippen molar-refractivity contribution >= 4 is 17.6 Å². The van der Waals surface area contributed by atoms with E-state index in [9.17, 15) is 4.79 Å². The lowest BCUT2D eigenvalue weighted by molar-refractivity contribution is -0.162. The summed E-state index contributed by atoms with van der Waals surface area (Å²) in [6.07, 6.45) is 0. The molecule has 1 atom stereocenters. The number of benzene rings is 2. The van der Waals surface area contributed by atoms with Gasteiger partial charge in [0.15, 0.2) is 0 Å². The van der Waals surface area contributed by atoms with Crippen LogP contribution in [0.4, 0.5) is 0 Å². The largest absolute Gasteiger partial charge is 0.497 e. The van der Waals surface area contributed by atoms with Gasteiger partial charge in [-0.25, -0.2) is 4.79 Å². The molecule has 0 N–H and O–H groups in total. The molecule has 0 aliphatic carbocycles. The van der Waals surface area contributed by atoms with Crippen LogP contribution >= 0.6 is 11.6 Å². The maximum atomic E-state index is 13.0. The Balaban J connectivity index is 2.33. The molecular formula is C22H28ClNO3. The molecule has 2 aromatic carbocycles. The highest BCUT2D eigenvalue weighted by Gasteiger charge is 2.31. The minimum atomic E-state index is -0.559. The summed E-state index contributed by atoms with van der Waals surface area (Å²) < 4.78 is 10.9. The van der Waals surface area contributed by atoms with E-state index >= 15 is 0 Å². The first kappa shape index (κ1) is 21.3. The van der Waals surface area contributed by atoms with Gasteiger partial charge in [0.2, 0.25) is 0 Å². The quantitative estimate of drug-likeness (QED) is 0.479. The molecule has 146 valence electrons. The van der Waals surface area contributed by atoms with Gasteiger partial charge in [-0.15, -0.1) is 11.6 Å². The van der Waals surface area contributed by atoms with Crippen molar-refractivity contribution in [1.82, 2.24) is 4.90 Å². The Kier molecular flexibility index (Phi) is 7.69. The van der Waals surface area contributed by atoms with Crippen LogP contribution in [0, 0.1) is 0 Å². The number of alkyl halides is 1. The Morgan fingerprint density at radius 1 is 1.07 bits per heavy atom. The van der Waals surface area contributed by atoms with Gasteiger partial charge in [-0.1, -0.05) is 42.5 Å². The Morgan fingerprint density at radius 3 is 2.22 bits per heavy atom. The van der Waals surface area contributed by atoms with Crippen LogP contribution in [0.3, 0.4) is 0 Å². The van der Waals surface area contributed by atoms with Gasteiger partial charge in [-0.05, 0) is 44.0 Å². The number of esters is 1. The molecule has 0 bridgehead atoms. The van der Waals surface area contributed by atoms with Crippen LogP contribution in [-0.4, -0.2) is 36.0 Å². The fourth-order valence-corrected chi connectivity index (χ4v) is 3.08. The summed E-state index contributed by atoms with van der Waals surface area (Å²) in [6, 6.07) is 17.0. The molecule has 2 rings (SSSR count). The fourth-order valence-electron chi connectivity index (χ4n) is 2.86. The fraction of sp³-hybridized carbons (Fsp3) is 0.409. The number of carbonyl (C=O) groups is 1. The zero-order valence-electron chi connectivity index (χ0n) is 16.4. The Morgan fingerprint density at radius 2 is 1.70 bits per heavy atom. The minimum Gasteiger partial charge on any atom is -0.497 e. The molecule has 0 saturated carbocycles. The molecule has 0 radical (unpaired) electrons. The number of carbonyl (C=O) groups excluding carboxylic acids is 1. The Bertz CT molecular complexity index is 711. The second kappa shape index (κ2) is 9.77. The number of hydrogen-bond donors (Lipinski definition) is 0. The average Bonchev–Trinajstić information content (AvgIpc) is 2.62. The SMILES string of the molecule is COc1ccc(CN(CCCl)C(C(=O)OC(C)(C)C)c2ccccc2)cc1. The first-order valence-electron chi connectivity index (χ1n) is 9.05. The van der Waals surface area contributed by atoms with Gasteiger partial charge in [-0.3, -0.25) is 4.90 Å². The zero-order chi connectivity index (χ0) is 19.9. The van der Waals surface area contributed by atoms with Gasteiger partial charge in [0, 0.05) is 19.0 Å². The normalized spacial score (nSPS) is 12.7. The molecule has 4 nitrogen and oxygen atoms in total. The van der Waals surface area contributed by atoms with E-state index in [-0.39, 0.29) is 5.97 Å². The maximum absolute atomic E-state index is 13.0. The van der Waals surface area contributed by atoms with Gasteiger partial charge in [0.1, 0.15) is 17.4 Å². The number of hydrogen-bond acceptors (Lipinski definition) is 4. The highest BCUT2D eigenvalue weighted by Crippen LogP contribution is 2.27. The minimum absolute atomic E-state index is 0.271. The van der Waals surface area contributed by atoms with Crippen molar-refractivity contribution in [2.45, 2.75) is 39.0 Å². The summed E-state index contributed by atoms with van der Waals surface area (Å²) in [5, 5.41) is 0. The standard InChI is InChI=1S/C22H28ClNO3/c1-22(2,3)27-21(25)20(18-8-6-5-7-9-18)24(15-14-23)16-17-10-12-19(26-4)13-11-17/h5-13,20H,14-16H2,1-4H3. The lowest BCUT2D eigenvalue weighted by Crippen LogP contribution is -2.39. The summed E-state index contributed by atoms with van der Waals surface area (Å²) >= 11 is 6.07. The van der Waals surface area contributed by atoms with Crippen molar-refractivity contribution in [3.63, 3.8) is 0 Å². The second-order valence-electron chi connectivity index (χ2n) is 7.35. The molecule has 0 amide bonds. The number of nitrogens with zero attached hydrogens (tertiary/aromatic N) is 1. The number of halogens is 1. The Labute approximate surface area is 167 Å². The summed E-state index contributed by atoms with van der Waals surface area (Å²) in [7, 11) is 1.64. The average molecular weight is 390 g/mol. The van der Waals surface area contributed by atoms with E-state index in [1.165, 1.54) is 0 Å². The monoisotopic (exact) mass is 389 g/mol. The Hall–Kier alpha value is -2.04. The predicted octanol–water partition coefficient (Wildman–Crippen LogP) is 4.82. The van der Waals surface area contributed by atoms with E-state index in [1.807, 2.05) is 75.4 Å². The van der Waals surface area contributed by atoms with Crippen LogP contribution in [0.2, 0.25) is 0 Å². The molecule has 0 heterocycles. The van der Waals surface area contributed by atoms with E-state index in [0.717, 1.165) is 16.9 Å². The van der Waals surface area contributed by atoms with Crippen LogP contribution in [0.5, 0.6) is 5.75 Å². The highest BCUT2D eigenvalue weighted by atomic mass is 35.5. The van der Waals surface area contributed by atoms with Gasteiger partial charge in [0.05, 0.1) is 7.11 Å². The number of rotatable bonds is 8. The van der Waals surface area contributed by atoms with Gasteiger partial charge < -0.3 is 9.47 Å². The van der Waals surface area contributed by atoms with Crippen LogP contribution in [0.15, 0.2) is 54.6 Å². The van der Waals surface area contributed by atoms with Crippen molar-refractivity contribution in [2.24, 2.45) is 0 Å². The molecule has 0 aliphatic rings. The van der Waals surface area contributed by atoms with Crippen LogP contribution in [-0.2, 0) is 16.1 Å². The van der Waals surface area contributed by atoms with E-state index < -0.39 is 11.6 Å². The van der Waals surface area contributed by atoms with E-state index in [2.05, 4.69) is 4.90 Å². The molecular weight excluding hydrogens is 362 g/mol. The number of methoxy groups -OCH3 is 1. The zero-order valence-corrected chi connectivity index (χ0v) is 17.2. The number of ether oxygens (including phenoxy) is 2. The lowest BCUT2D eigenvalue weighted by atomic mass is 10.0. The summed E-state index contributed by atoms with van der Waals surface area (Å²) in [5.74, 6) is 0.948. The second-order valence-corrected chi connectivity index (χ2v) is 7.73. The molecule has 0 spiro atoms. The van der Waals surface area contributed by atoms with Crippen molar-refractivity contribution in [1.29, 1.82) is 0 Å². The third kappa shape index (κ3) is 6.56.